The molecule has 0 aromatic heterocycles. The van der Waals surface area contributed by atoms with Gasteiger partial charge in [0.05, 0.1) is 4.90 Å². The van der Waals surface area contributed by atoms with Gasteiger partial charge >= 0.3 is 0 Å². The molecule has 1 atom stereocenters. The molecule has 3 rings (SSSR count). The van der Waals surface area contributed by atoms with E-state index in [0.29, 0.717) is 4.90 Å². The molecule has 4 nitrogen and oxygen atoms in total. The first kappa shape index (κ1) is 22.9. The average Bonchev–Trinajstić information content (AvgIpc) is 2.77. The largest absolute Gasteiger partial charge is 0.378 e. The van der Waals surface area contributed by atoms with Crippen molar-refractivity contribution in [2.24, 2.45) is 0 Å². The SMILES string of the molecule is CCN(CC)c1ccc(C(c2ccc(N(C)C)cc2)S(=O)(=O)c2ccccc2)c(C)c1. The number of nitrogens with zero attached hydrogens (tertiary/aromatic N) is 2. The molecule has 31 heavy (non-hydrogen) atoms. The Kier molecular flexibility index (Phi) is 7.06. The van der Waals surface area contributed by atoms with Crippen LogP contribution in [0.15, 0.2) is 77.7 Å². The highest BCUT2D eigenvalue weighted by atomic mass is 32.2. The van der Waals surface area contributed by atoms with Crippen molar-refractivity contribution in [2.75, 3.05) is 37.0 Å². The van der Waals surface area contributed by atoms with Gasteiger partial charge in [0.15, 0.2) is 9.84 Å². The number of benzene rings is 3. The van der Waals surface area contributed by atoms with Crippen LogP contribution in [0.4, 0.5) is 11.4 Å². The standard InChI is InChI=1S/C26H32N2O2S/c1-6-28(7-2)23-17-18-25(20(3)19-23)26(21-13-15-22(16-14-21)27(4)5)31(29,30)24-11-9-8-10-12-24/h8-19,26H,6-7H2,1-5H3. The lowest BCUT2D eigenvalue weighted by Crippen LogP contribution is -2.22. The summed E-state index contributed by atoms with van der Waals surface area (Å²) >= 11 is 0. The van der Waals surface area contributed by atoms with E-state index in [4.69, 9.17) is 0 Å². The first-order chi connectivity index (χ1) is 14.8. The Bertz CT molecular complexity index is 1100. The van der Waals surface area contributed by atoms with E-state index in [0.717, 1.165) is 41.2 Å². The molecule has 3 aromatic carbocycles. The third-order valence-electron chi connectivity index (χ3n) is 5.76. The van der Waals surface area contributed by atoms with Gasteiger partial charge in [-0.05, 0) is 73.9 Å². The lowest BCUT2D eigenvalue weighted by Gasteiger charge is -2.25. The molecule has 164 valence electrons. The lowest BCUT2D eigenvalue weighted by molar-refractivity contribution is 0.589. The Morgan fingerprint density at radius 3 is 1.90 bits per heavy atom. The summed E-state index contributed by atoms with van der Waals surface area (Å²) in [6.07, 6.45) is 0. The zero-order valence-electron chi connectivity index (χ0n) is 19.0. The van der Waals surface area contributed by atoms with Crippen LogP contribution >= 0.6 is 0 Å². The van der Waals surface area contributed by atoms with Gasteiger partial charge in [0, 0.05) is 38.6 Å². The summed E-state index contributed by atoms with van der Waals surface area (Å²) in [7, 11) is 0.317. The van der Waals surface area contributed by atoms with Crippen molar-refractivity contribution in [3.05, 3.63) is 89.5 Å². The van der Waals surface area contributed by atoms with E-state index < -0.39 is 15.1 Å². The van der Waals surface area contributed by atoms with E-state index in [1.165, 1.54) is 0 Å². The number of sulfone groups is 1. The van der Waals surface area contributed by atoms with Crippen molar-refractivity contribution in [1.29, 1.82) is 0 Å². The Hall–Kier alpha value is -2.79. The highest BCUT2D eigenvalue weighted by molar-refractivity contribution is 7.92. The second-order valence-corrected chi connectivity index (χ2v) is 9.97. The van der Waals surface area contributed by atoms with E-state index in [9.17, 15) is 8.42 Å². The molecule has 0 saturated heterocycles. The van der Waals surface area contributed by atoms with Crippen LogP contribution in [0, 0.1) is 6.92 Å². The molecule has 0 saturated carbocycles. The molecule has 1 unspecified atom stereocenters. The highest BCUT2D eigenvalue weighted by Gasteiger charge is 2.32. The van der Waals surface area contributed by atoms with Gasteiger partial charge in [-0.15, -0.1) is 0 Å². The normalized spacial score (nSPS) is 12.4. The molecule has 0 spiro atoms. The minimum absolute atomic E-state index is 0.337. The van der Waals surface area contributed by atoms with Crippen molar-refractivity contribution < 1.29 is 8.42 Å². The molecular weight excluding hydrogens is 404 g/mol. The summed E-state index contributed by atoms with van der Waals surface area (Å²) in [6.45, 7) is 8.08. The third-order valence-corrected chi connectivity index (χ3v) is 7.83. The number of anilines is 2. The fourth-order valence-corrected chi connectivity index (χ4v) is 5.88. The van der Waals surface area contributed by atoms with Crippen LogP contribution in [0.1, 0.15) is 35.8 Å². The van der Waals surface area contributed by atoms with Gasteiger partial charge in [-0.25, -0.2) is 8.42 Å². The molecule has 0 radical (unpaired) electrons. The van der Waals surface area contributed by atoms with Crippen molar-refractivity contribution in [3.63, 3.8) is 0 Å². The second kappa shape index (κ2) is 9.56. The second-order valence-electron chi connectivity index (χ2n) is 7.94. The number of rotatable bonds is 8. The lowest BCUT2D eigenvalue weighted by atomic mass is 9.98. The smallest absolute Gasteiger partial charge is 0.189 e. The van der Waals surface area contributed by atoms with E-state index in [2.05, 4.69) is 24.8 Å². The van der Waals surface area contributed by atoms with Crippen molar-refractivity contribution >= 4 is 21.2 Å². The number of hydrogen-bond acceptors (Lipinski definition) is 4. The fraction of sp³-hybridized carbons (Fsp3) is 0.308. The summed E-state index contributed by atoms with van der Waals surface area (Å²) in [5, 5.41) is -0.767. The van der Waals surface area contributed by atoms with E-state index >= 15 is 0 Å². The number of aryl methyl sites for hydroxylation is 1. The van der Waals surface area contributed by atoms with Crippen LogP contribution in [0.5, 0.6) is 0 Å². The molecule has 0 aliphatic heterocycles. The van der Waals surface area contributed by atoms with Gasteiger partial charge in [0.25, 0.3) is 0 Å². The Balaban J connectivity index is 2.17. The van der Waals surface area contributed by atoms with Crippen LogP contribution < -0.4 is 9.80 Å². The topological polar surface area (TPSA) is 40.6 Å². The maximum atomic E-state index is 13.8. The Labute approximate surface area is 187 Å². The molecule has 3 aromatic rings. The molecule has 0 fully saturated rings. The first-order valence-corrected chi connectivity index (χ1v) is 12.3. The molecule has 0 amide bonds. The monoisotopic (exact) mass is 436 g/mol. The van der Waals surface area contributed by atoms with Gasteiger partial charge in [-0.3, -0.25) is 0 Å². The summed E-state index contributed by atoms with van der Waals surface area (Å²) in [6, 6.07) is 22.7. The van der Waals surface area contributed by atoms with E-state index in [1.807, 2.05) is 68.4 Å². The predicted octanol–water partition coefficient (Wildman–Crippen LogP) is 5.47. The van der Waals surface area contributed by atoms with Crippen LogP contribution in [-0.2, 0) is 9.84 Å². The van der Waals surface area contributed by atoms with Gasteiger partial charge < -0.3 is 9.80 Å². The van der Waals surface area contributed by atoms with Gasteiger partial charge in [-0.2, -0.15) is 0 Å². The van der Waals surface area contributed by atoms with E-state index in [-0.39, 0.29) is 0 Å². The molecule has 5 heteroatoms. The van der Waals surface area contributed by atoms with Crippen LogP contribution in [-0.4, -0.2) is 35.6 Å². The molecule has 0 aliphatic rings. The van der Waals surface area contributed by atoms with Crippen LogP contribution in [0.25, 0.3) is 0 Å². The van der Waals surface area contributed by atoms with Crippen molar-refractivity contribution in [2.45, 2.75) is 30.9 Å². The van der Waals surface area contributed by atoms with Crippen molar-refractivity contribution in [1.82, 2.24) is 0 Å². The minimum Gasteiger partial charge on any atom is -0.378 e. The average molecular weight is 437 g/mol. The Morgan fingerprint density at radius 2 is 1.39 bits per heavy atom. The predicted molar refractivity (Wildman–Crippen MR) is 131 cm³/mol. The fourth-order valence-electron chi connectivity index (χ4n) is 3.96. The van der Waals surface area contributed by atoms with Crippen LogP contribution in [0.2, 0.25) is 0 Å². The molecule has 0 N–H and O–H groups in total. The Morgan fingerprint density at radius 1 is 0.806 bits per heavy atom. The van der Waals surface area contributed by atoms with Gasteiger partial charge in [0.1, 0.15) is 5.25 Å². The maximum absolute atomic E-state index is 13.8. The third kappa shape index (κ3) is 4.77. The highest BCUT2D eigenvalue weighted by Crippen LogP contribution is 2.38. The zero-order valence-corrected chi connectivity index (χ0v) is 19.9. The molecule has 0 bridgehead atoms. The van der Waals surface area contributed by atoms with Gasteiger partial charge in [-0.1, -0.05) is 36.4 Å². The van der Waals surface area contributed by atoms with Gasteiger partial charge in [0.2, 0.25) is 0 Å². The summed E-state index contributed by atoms with van der Waals surface area (Å²) in [5.41, 5.74) is 4.72. The summed E-state index contributed by atoms with van der Waals surface area (Å²) in [5.74, 6) is 0. The summed E-state index contributed by atoms with van der Waals surface area (Å²) in [4.78, 5) is 4.61. The van der Waals surface area contributed by atoms with Crippen LogP contribution in [0.3, 0.4) is 0 Å². The zero-order chi connectivity index (χ0) is 22.6. The molecule has 0 heterocycles. The summed E-state index contributed by atoms with van der Waals surface area (Å²) < 4.78 is 27.6. The number of hydrogen-bond donors (Lipinski definition) is 0. The van der Waals surface area contributed by atoms with E-state index in [1.54, 1.807) is 24.3 Å². The maximum Gasteiger partial charge on any atom is 0.189 e. The molecule has 0 aliphatic carbocycles. The minimum atomic E-state index is -3.63. The van der Waals surface area contributed by atoms with Crippen molar-refractivity contribution in [3.8, 4) is 0 Å². The quantitative estimate of drug-likeness (QED) is 0.469. The molecular formula is C26H32N2O2S. The first-order valence-electron chi connectivity index (χ1n) is 10.7.